The summed E-state index contributed by atoms with van der Waals surface area (Å²) in [5, 5.41) is 10.8. The second kappa shape index (κ2) is 7.06. The number of hydrogen-bond donors (Lipinski definition) is 2. The number of amides is 2. The standard InChI is InChI=1S/C19H14Cl2N4O2/c20-12-6-7-14(13(21)8-12)22-19(27)16-10-18(26)23-17-9-15(24-25(16)17)11-4-2-1-3-5-11/h1-9,16H,10H2,(H,22,27)(H,23,26). The van der Waals surface area contributed by atoms with Gasteiger partial charge in [0.05, 0.1) is 22.8 Å². The highest BCUT2D eigenvalue weighted by atomic mass is 35.5. The third kappa shape index (κ3) is 3.54. The summed E-state index contributed by atoms with van der Waals surface area (Å²) in [6, 6.07) is 15.3. The lowest BCUT2D eigenvalue weighted by Crippen LogP contribution is -2.35. The van der Waals surface area contributed by atoms with E-state index in [-0.39, 0.29) is 18.2 Å². The molecule has 136 valence electrons. The first-order valence-electron chi connectivity index (χ1n) is 8.22. The van der Waals surface area contributed by atoms with Crippen molar-refractivity contribution in [3.05, 3.63) is 64.6 Å². The van der Waals surface area contributed by atoms with Crippen LogP contribution < -0.4 is 10.6 Å². The molecule has 1 aliphatic rings. The van der Waals surface area contributed by atoms with E-state index in [0.29, 0.717) is 27.2 Å². The average molecular weight is 401 g/mol. The van der Waals surface area contributed by atoms with E-state index in [4.69, 9.17) is 23.2 Å². The van der Waals surface area contributed by atoms with Gasteiger partial charge in [0.1, 0.15) is 11.9 Å². The van der Waals surface area contributed by atoms with Gasteiger partial charge in [-0.15, -0.1) is 0 Å². The number of halogens is 2. The van der Waals surface area contributed by atoms with Crippen LogP contribution in [-0.2, 0) is 9.59 Å². The topological polar surface area (TPSA) is 76.0 Å². The van der Waals surface area contributed by atoms with E-state index in [1.54, 1.807) is 24.3 Å². The van der Waals surface area contributed by atoms with Gasteiger partial charge in [-0.05, 0) is 18.2 Å². The molecule has 0 bridgehead atoms. The van der Waals surface area contributed by atoms with Gasteiger partial charge in [-0.2, -0.15) is 5.10 Å². The number of nitrogens with zero attached hydrogens (tertiary/aromatic N) is 2. The van der Waals surface area contributed by atoms with E-state index in [0.717, 1.165) is 5.56 Å². The largest absolute Gasteiger partial charge is 0.323 e. The van der Waals surface area contributed by atoms with Gasteiger partial charge in [-0.3, -0.25) is 9.59 Å². The number of benzene rings is 2. The van der Waals surface area contributed by atoms with Crippen LogP contribution in [0.25, 0.3) is 11.3 Å². The van der Waals surface area contributed by atoms with Gasteiger partial charge in [0, 0.05) is 16.7 Å². The summed E-state index contributed by atoms with van der Waals surface area (Å²) in [7, 11) is 0. The number of fused-ring (bicyclic) bond motifs is 1. The number of nitrogens with one attached hydrogen (secondary N) is 2. The molecule has 4 rings (SSSR count). The molecule has 2 N–H and O–H groups in total. The summed E-state index contributed by atoms with van der Waals surface area (Å²) in [5.74, 6) is -0.144. The third-order valence-corrected chi connectivity index (χ3v) is 4.79. The lowest BCUT2D eigenvalue weighted by Gasteiger charge is -2.23. The molecule has 0 spiro atoms. The highest BCUT2D eigenvalue weighted by molar-refractivity contribution is 6.36. The predicted molar refractivity (Wildman–Crippen MR) is 105 cm³/mol. The van der Waals surface area contributed by atoms with Gasteiger partial charge >= 0.3 is 0 Å². The van der Waals surface area contributed by atoms with Crippen molar-refractivity contribution in [2.45, 2.75) is 12.5 Å². The third-order valence-electron chi connectivity index (χ3n) is 4.24. The maximum absolute atomic E-state index is 12.8. The summed E-state index contributed by atoms with van der Waals surface area (Å²) in [6.45, 7) is 0. The summed E-state index contributed by atoms with van der Waals surface area (Å²) >= 11 is 12.0. The van der Waals surface area contributed by atoms with E-state index in [1.165, 1.54) is 4.68 Å². The Morgan fingerprint density at radius 2 is 1.93 bits per heavy atom. The lowest BCUT2D eigenvalue weighted by atomic mass is 10.1. The minimum atomic E-state index is -0.780. The molecule has 27 heavy (non-hydrogen) atoms. The maximum Gasteiger partial charge on any atom is 0.249 e. The normalized spacial score (nSPS) is 15.8. The molecule has 0 saturated carbocycles. The van der Waals surface area contributed by atoms with Crippen LogP contribution in [0.5, 0.6) is 0 Å². The maximum atomic E-state index is 12.8. The Labute approximate surface area is 165 Å². The zero-order valence-electron chi connectivity index (χ0n) is 13.9. The number of rotatable bonds is 3. The molecular weight excluding hydrogens is 387 g/mol. The van der Waals surface area contributed by atoms with Crippen molar-refractivity contribution in [2.24, 2.45) is 0 Å². The molecule has 0 saturated heterocycles. The van der Waals surface area contributed by atoms with Gasteiger partial charge in [-0.1, -0.05) is 53.5 Å². The van der Waals surface area contributed by atoms with Crippen LogP contribution in [0.15, 0.2) is 54.6 Å². The first-order valence-corrected chi connectivity index (χ1v) is 8.97. The number of anilines is 2. The fraction of sp³-hybridized carbons (Fsp3) is 0.105. The zero-order chi connectivity index (χ0) is 19.0. The van der Waals surface area contributed by atoms with Crippen molar-refractivity contribution >= 4 is 46.5 Å². The quantitative estimate of drug-likeness (QED) is 0.684. The van der Waals surface area contributed by atoms with E-state index in [1.807, 2.05) is 30.3 Å². The molecule has 1 aromatic heterocycles. The smallest absolute Gasteiger partial charge is 0.249 e. The molecule has 3 aromatic rings. The van der Waals surface area contributed by atoms with E-state index in [2.05, 4.69) is 15.7 Å². The highest BCUT2D eigenvalue weighted by Crippen LogP contribution is 2.31. The van der Waals surface area contributed by atoms with Crippen LogP contribution in [0.2, 0.25) is 10.0 Å². The highest BCUT2D eigenvalue weighted by Gasteiger charge is 2.32. The van der Waals surface area contributed by atoms with Gasteiger partial charge in [0.25, 0.3) is 0 Å². The lowest BCUT2D eigenvalue weighted by molar-refractivity contribution is -0.125. The molecule has 0 aliphatic carbocycles. The van der Waals surface area contributed by atoms with Gasteiger partial charge in [0.15, 0.2) is 0 Å². The monoisotopic (exact) mass is 400 g/mol. The molecule has 1 unspecified atom stereocenters. The van der Waals surface area contributed by atoms with Gasteiger partial charge in [0.2, 0.25) is 11.8 Å². The van der Waals surface area contributed by atoms with Crippen LogP contribution in [0.3, 0.4) is 0 Å². The van der Waals surface area contributed by atoms with Crippen molar-refractivity contribution in [1.82, 2.24) is 9.78 Å². The SMILES string of the molecule is O=C1CC(C(=O)Nc2ccc(Cl)cc2Cl)n2nc(-c3ccccc3)cc2N1. The molecule has 2 amide bonds. The molecule has 8 heteroatoms. The Morgan fingerprint density at radius 1 is 1.15 bits per heavy atom. The molecule has 1 atom stereocenters. The fourth-order valence-corrected chi connectivity index (χ4v) is 3.40. The zero-order valence-corrected chi connectivity index (χ0v) is 15.5. The molecule has 0 fully saturated rings. The first-order chi connectivity index (χ1) is 13.0. The van der Waals surface area contributed by atoms with Crippen molar-refractivity contribution in [3.63, 3.8) is 0 Å². The van der Waals surface area contributed by atoms with E-state index < -0.39 is 6.04 Å². The molecule has 2 heterocycles. The van der Waals surface area contributed by atoms with E-state index in [9.17, 15) is 9.59 Å². The van der Waals surface area contributed by atoms with E-state index >= 15 is 0 Å². The molecule has 2 aromatic carbocycles. The van der Waals surface area contributed by atoms with Crippen LogP contribution in [0.4, 0.5) is 11.5 Å². The first kappa shape index (κ1) is 17.6. The Hall–Kier alpha value is -2.83. The number of carbonyl (C=O) groups excluding carboxylic acids is 2. The second-order valence-electron chi connectivity index (χ2n) is 6.11. The van der Waals surface area contributed by atoms with Gasteiger partial charge in [-0.25, -0.2) is 4.68 Å². The number of carbonyl (C=O) groups is 2. The minimum Gasteiger partial charge on any atom is -0.323 e. The minimum absolute atomic E-state index is 0.0139. The Kier molecular flexibility index (Phi) is 4.59. The van der Waals surface area contributed by atoms with Crippen molar-refractivity contribution in [3.8, 4) is 11.3 Å². The number of hydrogen-bond acceptors (Lipinski definition) is 3. The number of aromatic nitrogens is 2. The summed E-state index contributed by atoms with van der Waals surface area (Å²) in [6.07, 6.45) is -0.0139. The summed E-state index contributed by atoms with van der Waals surface area (Å²) in [4.78, 5) is 24.9. The van der Waals surface area contributed by atoms with Gasteiger partial charge < -0.3 is 10.6 Å². The second-order valence-corrected chi connectivity index (χ2v) is 6.95. The van der Waals surface area contributed by atoms with Crippen molar-refractivity contribution < 1.29 is 9.59 Å². The molecule has 6 nitrogen and oxygen atoms in total. The Balaban J connectivity index is 1.65. The Bertz CT molecular complexity index is 1030. The van der Waals surface area contributed by atoms with Crippen LogP contribution in [0.1, 0.15) is 12.5 Å². The van der Waals surface area contributed by atoms with Crippen LogP contribution >= 0.6 is 23.2 Å². The molecule has 1 aliphatic heterocycles. The fourth-order valence-electron chi connectivity index (χ4n) is 2.94. The molecule has 0 radical (unpaired) electrons. The predicted octanol–water partition coefficient (Wildman–Crippen LogP) is 4.38. The summed E-state index contributed by atoms with van der Waals surface area (Å²) < 4.78 is 1.53. The van der Waals surface area contributed by atoms with Crippen molar-refractivity contribution in [1.29, 1.82) is 0 Å². The van der Waals surface area contributed by atoms with Crippen LogP contribution in [-0.4, -0.2) is 21.6 Å². The van der Waals surface area contributed by atoms with Crippen molar-refractivity contribution in [2.75, 3.05) is 10.6 Å². The summed E-state index contributed by atoms with van der Waals surface area (Å²) in [5.41, 5.74) is 2.00. The van der Waals surface area contributed by atoms with Crippen LogP contribution in [0, 0.1) is 0 Å². The Morgan fingerprint density at radius 3 is 2.67 bits per heavy atom. The molecular formula is C19H14Cl2N4O2. The average Bonchev–Trinajstić information content (AvgIpc) is 3.08.